The molecule has 0 aliphatic carbocycles. The molecule has 0 N–H and O–H groups in total. The summed E-state index contributed by atoms with van der Waals surface area (Å²) in [5.41, 5.74) is 2.14. The van der Waals surface area contributed by atoms with E-state index in [1.54, 1.807) is 0 Å². The highest BCUT2D eigenvalue weighted by Gasteiger charge is 2.28. The molecule has 0 bridgehead atoms. The number of hydrogen-bond donors (Lipinski definition) is 0. The highest BCUT2D eigenvalue weighted by Crippen LogP contribution is 2.29. The zero-order valence-corrected chi connectivity index (χ0v) is 14.5. The van der Waals surface area contributed by atoms with Gasteiger partial charge in [-0.2, -0.15) is 0 Å². The summed E-state index contributed by atoms with van der Waals surface area (Å²) in [6.45, 7) is 7.81. The van der Waals surface area contributed by atoms with E-state index in [4.69, 9.17) is 4.42 Å². The van der Waals surface area contributed by atoms with Crippen molar-refractivity contribution in [2.75, 3.05) is 38.6 Å². The van der Waals surface area contributed by atoms with Crippen LogP contribution in [0.5, 0.6) is 0 Å². The van der Waals surface area contributed by atoms with E-state index in [9.17, 15) is 0 Å². The van der Waals surface area contributed by atoms with Crippen molar-refractivity contribution >= 4 is 5.69 Å². The summed E-state index contributed by atoms with van der Waals surface area (Å²) < 4.78 is 5.94. The number of likely N-dealkylation sites (tertiary alicyclic amines) is 1. The van der Waals surface area contributed by atoms with Gasteiger partial charge in [-0.15, -0.1) is 10.2 Å². The predicted octanol–water partition coefficient (Wildman–Crippen LogP) is 3.25. The van der Waals surface area contributed by atoms with Crippen molar-refractivity contribution in [2.45, 2.75) is 26.2 Å². The Morgan fingerprint density at radius 1 is 1.22 bits per heavy atom. The molecule has 0 amide bonds. The Kier molecular flexibility index (Phi) is 4.66. The van der Waals surface area contributed by atoms with Gasteiger partial charge in [0.25, 0.3) is 0 Å². The van der Waals surface area contributed by atoms with Crippen LogP contribution in [0.2, 0.25) is 0 Å². The fourth-order valence-corrected chi connectivity index (χ4v) is 3.13. The second-order valence-corrected chi connectivity index (χ2v) is 7.03. The van der Waals surface area contributed by atoms with Crippen LogP contribution < -0.4 is 4.90 Å². The third-order valence-corrected chi connectivity index (χ3v) is 4.32. The van der Waals surface area contributed by atoms with E-state index in [2.05, 4.69) is 46.0 Å². The molecule has 5 heteroatoms. The van der Waals surface area contributed by atoms with Crippen molar-refractivity contribution in [3.05, 3.63) is 30.2 Å². The van der Waals surface area contributed by atoms with Gasteiger partial charge >= 0.3 is 0 Å². The van der Waals surface area contributed by atoms with Crippen molar-refractivity contribution in [3.63, 3.8) is 0 Å². The van der Waals surface area contributed by atoms with Crippen molar-refractivity contribution in [2.24, 2.45) is 5.92 Å². The SMILES string of the molecule is CC(C)CN1CC[C@H](c2nnc(-c3ccc(N(C)C)cc3)o2)C1. The van der Waals surface area contributed by atoms with Gasteiger partial charge in [0, 0.05) is 38.4 Å². The number of aromatic nitrogens is 2. The smallest absolute Gasteiger partial charge is 0.247 e. The van der Waals surface area contributed by atoms with Crippen molar-refractivity contribution in [1.82, 2.24) is 15.1 Å². The molecule has 23 heavy (non-hydrogen) atoms. The molecule has 1 aliphatic rings. The molecule has 3 rings (SSSR count). The third kappa shape index (κ3) is 3.72. The van der Waals surface area contributed by atoms with Crippen LogP contribution >= 0.6 is 0 Å². The Hall–Kier alpha value is -1.88. The number of hydrogen-bond acceptors (Lipinski definition) is 5. The lowest BCUT2D eigenvalue weighted by Crippen LogP contribution is -2.24. The summed E-state index contributed by atoms with van der Waals surface area (Å²) in [6, 6.07) is 8.21. The topological polar surface area (TPSA) is 45.4 Å². The predicted molar refractivity (Wildman–Crippen MR) is 92.7 cm³/mol. The van der Waals surface area contributed by atoms with Crippen LogP contribution in [0.25, 0.3) is 11.5 Å². The van der Waals surface area contributed by atoms with E-state index in [0.29, 0.717) is 17.7 Å². The normalized spacial score (nSPS) is 18.7. The summed E-state index contributed by atoms with van der Waals surface area (Å²) in [6.07, 6.45) is 1.11. The van der Waals surface area contributed by atoms with Crippen LogP contribution in [0.4, 0.5) is 5.69 Å². The van der Waals surface area contributed by atoms with Crippen LogP contribution in [0, 0.1) is 5.92 Å². The van der Waals surface area contributed by atoms with E-state index < -0.39 is 0 Å². The first-order chi connectivity index (χ1) is 11.0. The van der Waals surface area contributed by atoms with Crippen LogP contribution in [0.1, 0.15) is 32.1 Å². The van der Waals surface area contributed by atoms with E-state index in [1.807, 2.05) is 26.2 Å². The van der Waals surface area contributed by atoms with E-state index in [1.165, 1.54) is 0 Å². The zero-order valence-electron chi connectivity index (χ0n) is 14.5. The maximum Gasteiger partial charge on any atom is 0.247 e. The van der Waals surface area contributed by atoms with Gasteiger partial charge in [0.2, 0.25) is 11.8 Å². The maximum atomic E-state index is 5.94. The van der Waals surface area contributed by atoms with E-state index in [-0.39, 0.29) is 0 Å². The first-order valence-electron chi connectivity index (χ1n) is 8.36. The van der Waals surface area contributed by atoms with E-state index >= 15 is 0 Å². The Bertz CT molecular complexity index is 633. The maximum absolute atomic E-state index is 5.94. The minimum absolute atomic E-state index is 0.371. The molecule has 2 heterocycles. The van der Waals surface area contributed by atoms with Gasteiger partial charge in [0.05, 0.1) is 5.92 Å². The van der Waals surface area contributed by atoms with Crippen LogP contribution in [0.3, 0.4) is 0 Å². The third-order valence-electron chi connectivity index (χ3n) is 4.32. The number of anilines is 1. The number of benzene rings is 1. The molecule has 0 spiro atoms. The van der Waals surface area contributed by atoms with Gasteiger partial charge in [-0.25, -0.2) is 0 Å². The Morgan fingerprint density at radius 3 is 2.61 bits per heavy atom. The highest BCUT2D eigenvalue weighted by atomic mass is 16.4. The summed E-state index contributed by atoms with van der Waals surface area (Å²) >= 11 is 0. The Labute approximate surface area is 138 Å². The van der Waals surface area contributed by atoms with Gasteiger partial charge in [-0.1, -0.05) is 13.8 Å². The van der Waals surface area contributed by atoms with Gasteiger partial charge in [-0.3, -0.25) is 0 Å². The second-order valence-electron chi connectivity index (χ2n) is 7.03. The summed E-state index contributed by atoms with van der Waals surface area (Å²) in [7, 11) is 4.06. The first kappa shape index (κ1) is 16.0. The molecular formula is C18H26N4O. The standard InChI is InChI=1S/C18H26N4O/c1-13(2)11-22-10-9-15(12-22)18-20-19-17(23-18)14-5-7-16(8-6-14)21(3)4/h5-8,13,15H,9-12H2,1-4H3/t15-/m0/s1. The van der Waals surface area contributed by atoms with Crippen molar-refractivity contribution < 1.29 is 4.42 Å². The average Bonchev–Trinajstić information content (AvgIpc) is 3.15. The minimum Gasteiger partial charge on any atom is -0.420 e. The van der Waals surface area contributed by atoms with Crippen LogP contribution in [-0.4, -0.2) is 48.8 Å². The molecule has 1 aromatic carbocycles. The van der Waals surface area contributed by atoms with Crippen molar-refractivity contribution in [1.29, 1.82) is 0 Å². The van der Waals surface area contributed by atoms with Gasteiger partial charge in [0.15, 0.2) is 0 Å². The summed E-state index contributed by atoms with van der Waals surface area (Å²) in [5.74, 6) is 2.47. The lowest BCUT2D eigenvalue weighted by Gasteiger charge is -2.17. The fraction of sp³-hybridized carbons (Fsp3) is 0.556. The van der Waals surface area contributed by atoms with Crippen LogP contribution in [0.15, 0.2) is 28.7 Å². The fourth-order valence-electron chi connectivity index (χ4n) is 3.13. The molecule has 1 atom stereocenters. The minimum atomic E-state index is 0.371. The average molecular weight is 314 g/mol. The monoisotopic (exact) mass is 314 g/mol. The molecule has 1 saturated heterocycles. The largest absolute Gasteiger partial charge is 0.420 e. The molecule has 1 fully saturated rings. The first-order valence-corrected chi connectivity index (χ1v) is 8.36. The molecule has 0 unspecified atom stereocenters. The lowest BCUT2D eigenvalue weighted by atomic mass is 10.1. The molecular weight excluding hydrogens is 288 g/mol. The molecule has 2 aromatic rings. The van der Waals surface area contributed by atoms with Crippen LogP contribution in [-0.2, 0) is 0 Å². The van der Waals surface area contributed by atoms with Crippen molar-refractivity contribution in [3.8, 4) is 11.5 Å². The zero-order chi connectivity index (χ0) is 16.4. The van der Waals surface area contributed by atoms with Gasteiger partial charge in [0.1, 0.15) is 0 Å². The molecule has 0 radical (unpaired) electrons. The molecule has 1 aromatic heterocycles. The summed E-state index contributed by atoms with van der Waals surface area (Å²) in [4.78, 5) is 4.57. The van der Waals surface area contributed by atoms with Gasteiger partial charge < -0.3 is 14.2 Å². The molecule has 124 valence electrons. The van der Waals surface area contributed by atoms with Gasteiger partial charge in [-0.05, 0) is 43.1 Å². The van der Waals surface area contributed by atoms with E-state index in [0.717, 1.165) is 43.2 Å². The Balaban J connectivity index is 1.69. The quantitative estimate of drug-likeness (QED) is 0.848. The Morgan fingerprint density at radius 2 is 1.96 bits per heavy atom. The molecule has 5 nitrogen and oxygen atoms in total. The molecule has 0 saturated carbocycles. The highest BCUT2D eigenvalue weighted by molar-refractivity contribution is 5.58. The second kappa shape index (κ2) is 6.71. The summed E-state index contributed by atoms with van der Waals surface area (Å²) in [5, 5.41) is 8.53. The number of nitrogens with zero attached hydrogens (tertiary/aromatic N) is 4. The lowest BCUT2D eigenvalue weighted by molar-refractivity contribution is 0.290. The number of rotatable bonds is 5. The molecule has 1 aliphatic heterocycles.